The second kappa shape index (κ2) is 5.66. The van der Waals surface area contributed by atoms with Crippen molar-refractivity contribution in [1.29, 1.82) is 0 Å². The van der Waals surface area contributed by atoms with Crippen molar-refractivity contribution in [2.75, 3.05) is 19.7 Å². The number of carboxylic acids is 1. The quantitative estimate of drug-likeness (QED) is 0.862. The molecule has 1 aliphatic rings. The first kappa shape index (κ1) is 15.6. The zero-order valence-corrected chi connectivity index (χ0v) is 10.5. The zero-order valence-electron chi connectivity index (χ0n) is 10.5. The molecule has 0 aliphatic carbocycles. The van der Waals surface area contributed by atoms with E-state index in [-0.39, 0.29) is 25.9 Å². The highest BCUT2D eigenvalue weighted by Gasteiger charge is 2.41. The monoisotopic (exact) mass is 283 g/mol. The molecule has 0 aromatic heterocycles. The molecule has 1 N–H and O–H groups in total. The molecule has 0 saturated carbocycles. The number of carbonyl (C=O) groups excluding carboxylic acids is 1. The van der Waals surface area contributed by atoms with Crippen LogP contribution in [0.5, 0.6) is 0 Å². The molecule has 0 atom stereocenters. The Kier molecular flexibility index (Phi) is 4.65. The van der Waals surface area contributed by atoms with Crippen molar-refractivity contribution < 1.29 is 32.6 Å². The Morgan fingerprint density at radius 3 is 2.21 bits per heavy atom. The Hall–Kier alpha value is -1.47. The van der Waals surface area contributed by atoms with Crippen LogP contribution in [0.2, 0.25) is 0 Å². The van der Waals surface area contributed by atoms with E-state index in [0.717, 1.165) is 4.90 Å². The Morgan fingerprint density at radius 1 is 1.32 bits per heavy atom. The number of nitrogens with zero attached hydrogens (tertiary/aromatic N) is 1. The molecule has 0 spiro atoms. The number of ether oxygens (including phenoxy) is 1. The summed E-state index contributed by atoms with van der Waals surface area (Å²) < 4.78 is 39.8. The maximum absolute atomic E-state index is 11.9. The lowest BCUT2D eigenvalue weighted by Gasteiger charge is -2.37. The van der Waals surface area contributed by atoms with Gasteiger partial charge in [-0.3, -0.25) is 4.79 Å². The van der Waals surface area contributed by atoms with E-state index in [4.69, 9.17) is 5.11 Å². The van der Waals surface area contributed by atoms with Gasteiger partial charge in [-0.05, 0) is 19.3 Å². The molecule has 1 aliphatic heterocycles. The van der Waals surface area contributed by atoms with Crippen molar-refractivity contribution in [2.24, 2.45) is 5.41 Å². The van der Waals surface area contributed by atoms with Crippen LogP contribution in [0.4, 0.5) is 18.0 Å². The smallest absolute Gasteiger partial charge is 0.422 e. The Morgan fingerprint density at radius 2 is 1.84 bits per heavy atom. The van der Waals surface area contributed by atoms with E-state index in [1.807, 2.05) is 0 Å². The average molecular weight is 283 g/mol. The fourth-order valence-electron chi connectivity index (χ4n) is 2.07. The van der Waals surface area contributed by atoms with Crippen molar-refractivity contribution in [2.45, 2.75) is 32.4 Å². The third kappa shape index (κ3) is 4.00. The van der Waals surface area contributed by atoms with Gasteiger partial charge in [-0.1, -0.05) is 6.92 Å². The molecule has 1 rings (SSSR count). The molecule has 5 nitrogen and oxygen atoms in total. The van der Waals surface area contributed by atoms with Crippen LogP contribution in [-0.2, 0) is 9.53 Å². The van der Waals surface area contributed by atoms with Gasteiger partial charge in [0.25, 0.3) is 0 Å². The molecular weight excluding hydrogens is 267 g/mol. The molecule has 1 heterocycles. The second-order valence-electron chi connectivity index (χ2n) is 4.60. The van der Waals surface area contributed by atoms with Crippen LogP contribution >= 0.6 is 0 Å². The topological polar surface area (TPSA) is 66.8 Å². The summed E-state index contributed by atoms with van der Waals surface area (Å²) in [5, 5.41) is 9.14. The number of halogens is 3. The summed E-state index contributed by atoms with van der Waals surface area (Å²) >= 11 is 0. The number of carboxylic acid groups (broad SMARTS) is 1. The molecule has 19 heavy (non-hydrogen) atoms. The SMILES string of the molecule is CCC1(C(=O)O)CCN(C(=O)OCC(F)(F)F)CC1. The van der Waals surface area contributed by atoms with E-state index in [1.165, 1.54) is 0 Å². The lowest BCUT2D eigenvalue weighted by molar-refractivity contribution is -0.163. The maximum atomic E-state index is 11.9. The number of hydrogen-bond acceptors (Lipinski definition) is 3. The number of likely N-dealkylation sites (tertiary alicyclic amines) is 1. The predicted molar refractivity (Wildman–Crippen MR) is 58.6 cm³/mol. The maximum Gasteiger partial charge on any atom is 0.422 e. The van der Waals surface area contributed by atoms with Crippen LogP contribution < -0.4 is 0 Å². The first-order valence-corrected chi connectivity index (χ1v) is 5.92. The van der Waals surface area contributed by atoms with Crippen LogP contribution in [0.25, 0.3) is 0 Å². The van der Waals surface area contributed by atoms with Crippen molar-refractivity contribution in [3.63, 3.8) is 0 Å². The molecule has 0 unspecified atom stereocenters. The summed E-state index contributed by atoms with van der Waals surface area (Å²) in [4.78, 5) is 23.6. The van der Waals surface area contributed by atoms with Crippen LogP contribution in [-0.4, -0.2) is 47.9 Å². The summed E-state index contributed by atoms with van der Waals surface area (Å²) in [6.07, 6.45) is -4.74. The first-order chi connectivity index (χ1) is 8.70. The van der Waals surface area contributed by atoms with Gasteiger partial charge in [0.1, 0.15) is 0 Å². The molecule has 0 radical (unpaired) electrons. The molecular formula is C11H16F3NO4. The predicted octanol–water partition coefficient (Wildman–Crippen LogP) is 2.26. The summed E-state index contributed by atoms with van der Waals surface area (Å²) in [6.45, 7) is 0.305. The molecule has 1 saturated heterocycles. The molecule has 110 valence electrons. The highest BCUT2D eigenvalue weighted by Crippen LogP contribution is 2.35. The molecule has 0 aromatic carbocycles. The number of carbonyl (C=O) groups is 2. The van der Waals surface area contributed by atoms with E-state index in [1.54, 1.807) is 6.92 Å². The molecule has 1 fully saturated rings. The van der Waals surface area contributed by atoms with E-state index in [2.05, 4.69) is 4.74 Å². The van der Waals surface area contributed by atoms with E-state index in [9.17, 15) is 22.8 Å². The molecule has 0 aromatic rings. The highest BCUT2D eigenvalue weighted by atomic mass is 19.4. The summed E-state index contributed by atoms with van der Waals surface area (Å²) in [5.41, 5.74) is -0.888. The average Bonchev–Trinajstić information content (AvgIpc) is 2.35. The van der Waals surface area contributed by atoms with Crippen LogP contribution in [0.1, 0.15) is 26.2 Å². The minimum Gasteiger partial charge on any atom is -0.481 e. The van der Waals surface area contributed by atoms with Gasteiger partial charge in [-0.15, -0.1) is 0 Å². The number of alkyl halides is 3. The lowest BCUT2D eigenvalue weighted by atomic mass is 9.76. The van der Waals surface area contributed by atoms with Crippen molar-refractivity contribution in [3.8, 4) is 0 Å². The van der Waals surface area contributed by atoms with Gasteiger partial charge < -0.3 is 14.7 Å². The van der Waals surface area contributed by atoms with Crippen molar-refractivity contribution in [3.05, 3.63) is 0 Å². The van der Waals surface area contributed by atoms with Gasteiger partial charge in [0.05, 0.1) is 5.41 Å². The van der Waals surface area contributed by atoms with Crippen LogP contribution in [0, 0.1) is 5.41 Å². The summed E-state index contributed by atoms with van der Waals surface area (Å²) in [6, 6.07) is 0. The van der Waals surface area contributed by atoms with Crippen molar-refractivity contribution in [1.82, 2.24) is 4.90 Å². The summed E-state index contributed by atoms with van der Waals surface area (Å²) in [5.74, 6) is -0.932. The Labute approximate surface area is 108 Å². The van der Waals surface area contributed by atoms with Crippen molar-refractivity contribution >= 4 is 12.1 Å². The van der Waals surface area contributed by atoms with E-state index < -0.39 is 30.3 Å². The molecule has 8 heteroatoms. The first-order valence-electron chi connectivity index (χ1n) is 5.92. The minimum absolute atomic E-state index is 0.0941. The Balaban J connectivity index is 2.49. The third-order valence-corrected chi connectivity index (χ3v) is 3.47. The van der Waals surface area contributed by atoms with Gasteiger partial charge in [0.2, 0.25) is 0 Å². The number of rotatable bonds is 3. The van der Waals surface area contributed by atoms with E-state index in [0.29, 0.717) is 6.42 Å². The summed E-state index contributed by atoms with van der Waals surface area (Å²) in [7, 11) is 0. The molecule has 1 amide bonds. The van der Waals surface area contributed by atoms with Crippen LogP contribution in [0.15, 0.2) is 0 Å². The number of amides is 1. The zero-order chi connectivity index (χ0) is 14.7. The number of aliphatic carboxylic acids is 1. The lowest BCUT2D eigenvalue weighted by Crippen LogP contribution is -2.46. The fraction of sp³-hybridized carbons (Fsp3) is 0.818. The van der Waals surface area contributed by atoms with Gasteiger partial charge in [-0.2, -0.15) is 13.2 Å². The Bertz CT molecular complexity index is 348. The van der Waals surface area contributed by atoms with Gasteiger partial charge in [0, 0.05) is 13.1 Å². The number of hydrogen-bond donors (Lipinski definition) is 1. The fourth-order valence-corrected chi connectivity index (χ4v) is 2.07. The van der Waals surface area contributed by atoms with E-state index >= 15 is 0 Å². The minimum atomic E-state index is -4.56. The normalized spacial score (nSPS) is 19.1. The van der Waals surface area contributed by atoms with Crippen LogP contribution in [0.3, 0.4) is 0 Å². The molecule has 0 bridgehead atoms. The third-order valence-electron chi connectivity index (χ3n) is 3.47. The standard InChI is InChI=1S/C11H16F3NO4/c1-2-10(8(16)17)3-5-15(6-4-10)9(18)19-7-11(12,13)14/h2-7H2,1H3,(H,16,17). The number of piperidine rings is 1. The highest BCUT2D eigenvalue weighted by molar-refractivity contribution is 5.75. The van der Waals surface area contributed by atoms with Gasteiger partial charge in [0.15, 0.2) is 6.61 Å². The second-order valence-corrected chi connectivity index (χ2v) is 4.60. The largest absolute Gasteiger partial charge is 0.481 e. The van der Waals surface area contributed by atoms with Gasteiger partial charge >= 0.3 is 18.2 Å². The van der Waals surface area contributed by atoms with Gasteiger partial charge in [-0.25, -0.2) is 4.79 Å².